The molecule has 0 fully saturated rings. The van der Waals surface area contributed by atoms with Gasteiger partial charge in [-0.2, -0.15) is 18.2 Å². The Morgan fingerprint density at radius 2 is 0.947 bits per heavy atom. The summed E-state index contributed by atoms with van der Waals surface area (Å²) < 4.78 is 0. The quantitative estimate of drug-likeness (QED) is 0.582. The predicted octanol–water partition coefficient (Wildman–Crippen LogP) is 5.25. The standard InChI is InChI=1S/C12H18.C6H7.Cr/c1-7-8(2)10(4)12(6)11(5)9(7)3;1-6-4-2-3-5-6;/h1-6H3;2-5H,1H3;/q;-1;. The maximum absolute atomic E-state index is 2.21. The molecule has 0 spiro atoms. The van der Waals surface area contributed by atoms with Gasteiger partial charge in [-0.15, -0.1) is 0 Å². The molecule has 1 heteroatoms. The van der Waals surface area contributed by atoms with E-state index in [1.54, 1.807) is 0 Å². The SMILES string of the molecule is Cc1c(C)c(C)c(C)c(C)c1C.Cc1cc[cH-]c1.[Cr]. The average molecular weight is 293 g/mol. The summed E-state index contributed by atoms with van der Waals surface area (Å²) in [7, 11) is 0. The minimum Gasteiger partial charge on any atom is -0.211 e. The number of rotatable bonds is 0. The van der Waals surface area contributed by atoms with Crippen molar-refractivity contribution < 1.29 is 17.4 Å². The van der Waals surface area contributed by atoms with Crippen molar-refractivity contribution in [3.05, 3.63) is 63.2 Å². The molecule has 0 aliphatic carbocycles. The zero-order valence-corrected chi connectivity index (χ0v) is 14.5. The van der Waals surface area contributed by atoms with E-state index in [0.717, 1.165) is 0 Å². The van der Waals surface area contributed by atoms with Crippen LogP contribution in [0.3, 0.4) is 0 Å². The minimum absolute atomic E-state index is 0. The van der Waals surface area contributed by atoms with E-state index in [0.29, 0.717) is 0 Å². The largest absolute Gasteiger partial charge is 0.211 e. The smallest absolute Gasteiger partial charge is 0 e. The van der Waals surface area contributed by atoms with Gasteiger partial charge in [0.2, 0.25) is 0 Å². The molecule has 19 heavy (non-hydrogen) atoms. The van der Waals surface area contributed by atoms with Crippen molar-refractivity contribution in [2.75, 3.05) is 0 Å². The third kappa shape index (κ3) is 4.30. The maximum atomic E-state index is 2.21. The Balaban J connectivity index is 0.000000392. The molecular weight excluding hydrogens is 268 g/mol. The monoisotopic (exact) mass is 293 g/mol. The van der Waals surface area contributed by atoms with Gasteiger partial charge >= 0.3 is 0 Å². The van der Waals surface area contributed by atoms with Crippen LogP contribution in [0.4, 0.5) is 0 Å². The summed E-state index contributed by atoms with van der Waals surface area (Å²) in [4.78, 5) is 0. The molecule has 0 unspecified atom stereocenters. The van der Waals surface area contributed by atoms with E-state index in [1.165, 1.54) is 38.9 Å². The fourth-order valence-electron chi connectivity index (χ4n) is 2.16. The summed E-state index contributed by atoms with van der Waals surface area (Å²) in [6, 6.07) is 8.24. The normalized spacial score (nSPS) is 9.42. The Hall–Kier alpha value is -0.898. The minimum atomic E-state index is 0. The van der Waals surface area contributed by atoms with Crippen LogP contribution in [-0.4, -0.2) is 0 Å². The molecule has 0 atom stereocenters. The van der Waals surface area contributed by atoms with Crippen molar-refractivity contribution in [1.29, 1.82) is 0 Å². The van der Waals surface area contributed by atoms with Crippen molar-refractivity contribution in [2.24, 2.45) is 0 Å². The summed E-state index contributed by atoms with van der Waals surface area (Å²) in [6.07, 6.45) is 0. The van der Waals surface area contributed by atoms with E-state index in [1.807, 2.05) is 12.1 Å². The zero-order chi connectivity index (χ0) is 13.9. The van der Waals surface area contributed by atoms with Gasteiger partial charge in [-0.3, -0.25) is 0 Å². The molecule has 0 aliphatic rings. The summed E-state index contributed by atoms with van der Waals surface area (Å²) in [5, 5.41) is 0. The molecule has 0 aliphatic heterocycles. The molecule has 2 aromatic rings. The first-order valence-electron chi connectivity index (χ1n) is 6.58. The van der Waals surface area contributed by atoms with Gasteiger partial charge < -0.3 is 0 Å². The molecule has 0 N–H and O–H groups in total. The third-order valence-corrected chi connectivity index (χ3v) is 4.20. The van der Waals surface area contributed by atoms with Crippen LogP contribution in [0.2, 0.25) is 0 Å². The van der Waals surface area contributed by atoms with E-state index in [9.17, 15) is 0 Å². The second kappa shape index (κ2) is 7.63. The molecule has 0 bridgehead atoms. The van der Waals surface area contributed by atoms with Crippen molar-refractivity contribution in [1.82, 2.24) is 0 Å². The summed E-state index contributed by atoms with van der Waals surface area (Å²) in [5.41, 5.74) is 10.1. The van der Waals surface area contributed by atoms with Crippen LogP contribution in [0, 0.1) is 48.5 Å². The molecule has 0 saturated heterocycles. The fourth-order valence-corrected chi connectivity index (χ4v) is 2.16. The van der Waals surface area contributed by atoms with E-state index < -0.39 is 0 Å². The number of hydrogen-bond donors (Lipinski definition) is 0. The second-order valence-corrected chi connectivity index (χ2v) is 5.21. The van der Waals surface area contributed by atoms with E-state index in [-0.39, 0.29) is 17.4 Å². The van der Waals surface area contributed by atoms with Gasteiger partial charge in [0.05, 0.1) is 0 Å². The molecule has 0 aromatic heterocycles. The first-order chi connectivity index (χ1) is 8.36. The molecule has 0 radical (unpaired) electrons. The van der Waals surface area contributed by atoms with Crippen LogP contribution >= 0.6 is 0 Å². The summed E-state index contributed by atoms with van der Waals surface area (Å²) in [6.45, 7) is 15.4. The maximum Gasteiger partial charge on any atom is 0 e. The second-order valence-electron chi connectivity index (χ2n) is 5.21. The first kappa shape index (κ1) is 18.1. The van der Waals surface area contributed by atoms with Crippen LogP contribution in [0.5, 0.6) is 0 Å². The Morgan fingerprint density at radius 1 is 0.632 bits per heavy atom. The summed E-state index contributed by atoms with van der Waals surface area (Å²) in [5.74, 6) is 0. The van der Waals surface area contributed by atoms with Crippen molar-refractivity contribution >= 4 is 0 Å². The molecule has 0 amide bonds. The van der Waals surface area contributed by atoms with Gasteiger partial charge in [0, 0.05) is 17.4 Å². The Kier molecular flexibility index (Phi) is 7.27. The van der Waals surface area contributed by atoms with Crippen LogP contribution < -0.4 is 0 Å². The summed E-state index contributed by atoms with van der Waals surface area (Å²) >= 11 is 0. The van der Waals surface area contributed by atoms with Crippen LogP contribution in [0.25, 0.3) is 0 Å². The molecule has 104 valence electrons. The van der Waals surface area contributed by atoms with Gasteiger partial charge in [0.1, 0.15) is 0 Å². The third-order valence-electron chi connectivity index (χ3n) is 4.20. The molecule has 2 rings (SSSR count). The molecule has 2 aromatic carbocycles. The number of hydrogen-bond acceptors (Lipinski definition) is 0. The topological polar surface area (TPSA) is 0 Å². The molecular formula is C18H25Cr-. The molecule has 0 heterocycles. The van der Waals surface area contributed by atoms with Crippen molar-refractivity contribution in [3.63, 3.8) is 0 Å². The van der Waals surface area contributed by atoms with Gasteiger partial charge in [-0.05, 0) is 74.9 Å². The van der Waals surface area contributed by atoms with Crippen LogP contribution in [0.15, 0.2) is 24.3 Å². The van der Waals surface area contributed by atoms with E-state index in [2.05, 4.69) is 60.6 Å². The van der Waals surface area contributed by atoms with E-state index >= 15 is 0 Å². The zero-order valence-electron chi connectivity index (χ0n) is 13.2. The Morgan fingerprint density at radius 3 is 1.05 bits per heavy atom. The van der Waals surface area contributed by atoms with Crippen LogP contribution in [-0.2, 0) is 17.4 Å². The Bertz CT molecular complexity index is 414. The number of benzene rings is 1. The van der Waals surface area contributed by atoms with Gasteiger partial charge in [0.15, 0.2) is 0 Å². The average Bonchev–Trinajstić information content (AvgIpc) is 2.83. The Labute approximate surface area is 129 Å². The van der Waals surface area contributed by atoms with Crippen molar-refractivity contribution in [2.45, 2.75) is 48.5 Å². The first-order valence-corrected chi connectivity index (χ1v) is 6.58. The number of aryl methyl sites for hydroxylation is 1. The molecule has 0 saturated carbocycles. The van der Waals surface area contributed by atoms with Crippen LogP contribution in [0.1, 0.15) is 38.9 Å². The van der Waals surface area contributed by atoms with Gasteiger partial charge in [-0.25, -0.2) is 11.6 Å². The fraction of sp³-hybridized carbons (Fsp3) is 0.389. The van der Waals surface area contributed by atoms with Gasteiger partial charge in [-0.1, -0.05) is 6.92 Å². The van der Waals surface area contributed by atoms with E-state index in [4.69, 9.17) is 0 Å². The van der Waals surface area contributed by atoms with Crippen molar-refractivity contribution in [3.8, 4) is 0 Å². The van der Waals surface area contributed by atoms with Gasteiger partial charge in [0.25, 0.3) is 0 Å². The predicted molar refractivity (Wildman–Crippen MR) is 81.6 cm³/mol. The molecule has 0 nitrogen and oxygen atoms in total.